The number of hydrogen-bond acceptors (Lipinski definition) is 3. The first-order chi connectivity index (χ1) is 9.24. The molecule has 100 valence electrons. The van der Waals surface area contributed by atoms with E-state index in [-0.39, 0.29) is 12.3 Å². The van der Waals surface area contributed by atoms with Crippen molar-refractivity contribution < 1.29 is 14.3 Å². The minimum Gasteiger partial charge on any atom is -0.486 e. The van der Waals surface area contributed by atoms with Gasteiger partial charge in [-0.2, -0.15) is 0 Å². The number of nitrogens with zero attached hydrogens (tertiary/aromatic N) is 1. The number of fused-ring (bicyclic) bond motifs is 1. The summed E-state index contributed by atoms with van der Waals surface area (Å²) in [6.07, 6.45) is 4.27. The van der Waals surface area contributed by atoms with E-state index in [4.69, 9.17) is 21.1 Å². The maximum atomic E-state index is 12.1. The first-order valence-corrected chi connectivity index (χ1v) is 6.62. The van der Waals surface area contributed by atoms with Crippen molar-refractivity contribution >= 4 is 17.5 Å². The quantitative estimate of drug-likeness (QED) is 0.778. The molecule has 3 rings (SSSR count). The highest BCUT2D eigenvalue weighted by molar-refractivity contribution is 6.31. The number of ether oxygens (including phenoxy) is 2. The van der Waals surface area contributed by atoms with Gasteiger partial charge in [-0.25, -0.2) is 0 Å². The molecular formula is C14H14ClNO3. The van der Waals surface area contributed by atoms with E-state index < -0.39 is 0 Å². The van der Waals surface area contributed by atoms with E-state index in [2.05, 4.69) is 0 Å². The zero-order valence-corrected chi connectivity index (χ0v) is 11.2. The third-order valence-electron chi connectivity index (χ3n) is 3.22. The number of rotatable bonds is 2. The van der Waals surface area contributed by atoms with E-state index in [1.807, 2.05) is 12.2 Å². The number of carbonyl (C=O) groups excluding carboxylic acids is 1. The second-order valence-corrected chi connectivity index (χ2v) is 4.94. The third-order valence-corrected chi connectivity index (χ3v) is 3.58. The van der Waals surface area contributed by atoms with Gasteiger partial charge in [0.05, 0.1) is 6.42 Å². The first kappa shape index (κ1) is 12.4. The first-order valence-electron chi connectivity index (χ1n) is 6.25. The summed E-state index contributed by atoms with van der Waals surface area (Å²) < 4.78 is 11.0. The number of amides is 1. The van der Waals surface area contributed by atoms with Gasteiger partial charge in [0, 0.05) is 24.2 Å². The van der Waals surface area contributed by atoms with E-state index in [1.54, 1.807) is 17.0 Å². The maximum absolute atomic E-state index is 12.1. The molecule has 0 N–H and O–H groups in total. The van der Waals surface area contributed by atoms with Crippen molar-refractivity contribution in [2.24, 2.45) is 0 Å². The average molecular weight is 280 g/mol. The van der Waals surface area contributed by atoms with E-state index in [9.17, 15) is 4.79 Å². The molecular weight excluding hydrogens is 266 g/mol. The molecule has 0 saturated carbocycles. The lowest BCUT2D eigenvalue weighted by molar-refractivity contribution is -0.129. The van der Waals surface area contributed by atoms with Crippen molar-refractivity contribution in [3.8, 4) is 11.5 Å². The molecule has 0 saturated heterocycles. The molecule has 0 atom stereocenters. The Kier molecular flexibility index (Phi) is 3.34. The topological polar surface area (TPSA) is 38.8 Å². The van der Waals surface area contributed by atoms with Crippen LogP contribution in [0, 0.1) is 0 Å². The smallest absolute Gasteiger partial charge is 0.227 e. The zero-order chi connectivity index (χ0) is 13.2. The molecule has 0 aromatic heterocycles. The molecule has 0 fully saturated rings. The number of halogens is 1. The van der Waals surface area contributed by atoms with Crippen molar-refractivity contribution in [3.63, 3.8) is 0 Å². The molecule has 1 aromatic carbocycles. The summed E-state index contributed by atoms with van der Waals surface area (Å²) in [7, 11) is 0. The SMILES string of the molecule is O=C(Cc1cc2c(cc1Cl)OCCO2)N1CC=CC1. The Morgan fingerprint density at radius 3 is 2.47 bits per heavy atom. The Hall–Kier alpha value is -1.68. The number of hydrogen-bond donors (Lipinski definition) is 0. The Labute approximate surface area is 116 Å². The van der Waals surface area contributed by atoms with Gasteiger partial charge in [0.25, 0.3) is 0 Å². The van der Waals surface area contributed by atoms with Gasteiger partial charge in [-0.15, -0.1) is 0 Å². The van der Waals surface area contributed by atoms with Gasteiger partial charge >= 0.3 is 0 Å². The van der Waals surface area contributed by atoms with Crippen molar-refractivity contribution in [1.29, 1.82) is 0 Å². The lowest BCUT2D eigenvalue weighted by atomic mass is 10.1. The molecule has 0 aliphatic carbocycles. The molecule has 0 bridgehead atoms. The lowest BCUT2D eigenvalue weighted by Crippen LogP contribution is -2.29. The van der Waals surface area contributed by atoms with Crippen LogP contribution in [-0.4, -0.2) is 37.1 Å². The molecule has 4 nitrogen and oxygen atoms in total. The second-order valence-electron chi connectivity index (χ2n) is 4.53. The summed E-state index contributed by atoms with van der Waals surface area (Å²) in [5.74, 6) is 1.39. The van der Waals surface area contributed by atoms with Gasteiger partial charge in [0.15, 0.2) is 11.5 Å². The van der Waals surface area contributed by atoms with Crippen LogP contribution in [0.1, 0.15) is 5.56 Å². The van der Waals surface area contributed by atoms with Gasteiger partial charge in [0.1, 0.15) is 13.2 Å². The Bertz CT molecular complexity index is 534. The molecule has 2 aliphatic rings. The molecule has 1 amide bonds. The highest BCUT2D eigenvalue weighted by Crippen LogP contribution is 2.35. The predicted molar refractivity (Wildman–Crippen MR) is 71.9 cm³/mol. The third kappa shape index (κ3) is 2.54. The fourth-order valence-electron chi connectivity index (χ4n) is 2.20. The Balaban J connectivity index is 1.78. The van der Waals surface area contributed by atoms with Crippen molar-refractivity contribution in [1.82, 2.24) is 4.90 Å². The van der Waals surface area contributed by atoms with Crippen LogP contribution in [0.15, 0.2) is 24.3 Å². The molecule has 19 heavy (non-hydrogen) atoms. The van der Waals surface area contributed by atoms with Crippen LogP contribution in [0.2, 0.25) is 5.02 Å². The molecule has 5 heteroatoms. The summed E-state index contributed by atoms with van der Waals surface area (Å²) in [6.45, 7) is 2.42. The van der Waals surface area contributed by atoms with Crippen LogP contribution in [-0.2, 0) is 11.2 Å². The molecule has 0 unspecified atom stereocenters. The van der Waals surface area contributed by atoms with E-state index in [1.165, 1.54) is 0 Å². The largest absolute Gasteiger partial charge is 0.486 e. The minimum atomic E-state index is 0.0728. The average Bonchev–Trinajstić information content (AvgIpc) is 2.93. The highest BCUT2D eigenvalue weighted by Gasteiger charge is 2.19. The van der Waals surface area contributed by atoms with Gasteiger partial charge < -0.3 is 14.4 Å². The lowest BCUT2D eigenvalue weighted by Gasteiger charge is -2.20. The molecule has 0 spiro atoms. The van der Waals surface area contributed by atoms with Crippen molar-refractivity contribution in [2.75, 3.05) is 26.3 Å². The zero-order valence-electron chi connectivity index (χ0n) is 10.4. The fourth-order valence-corrected chi connectivity index (χ4v) is 2.42. The van der Waals surface area contributed by atoms with Crippen LogP contribution >= 0.6 is 11.6 Å². The standard InChI is InChI=1S/C14H14ClNO3/c15-11-9-13-12(18-5-6-19-13)7-10(11)8-14(17)16-3-1-2-4-16/h1-2,7,9H,3-6,8H2. The normalized spacial score (nSPS) is 16.8. The van der Waals surface area contributed by atoms with E-state index >= 15 is 0 Å². The van der Waals surface area contributed by atoms with E-state index in [0.29, 0.717) is 42.8 Å². The van der Waals surface area contributed by atoms with Crippen LogP contribution in [0.3, 0.4) is 0 Å². The van der Waals surface area contributed by atoms with Gasteiger partial charge in [0.2, 0.25) is 5.91 Å². The second kappa shape index (κ2) is 5.13. The summed E-state index contributed by atoms with van der Waals surface area (Å²) in [5.41, 5.74) is 0.780. The molecule has 1 aromatic rings. The van der Waals surface area contributed by atoms with Crippen LogP contribution in [0.5, 0.6) is 11.5 Å². The monoisotopic (exact) mass is 279 g/mol. The Morgan fingerprint density at radius 1 is 1.16 bits per heavy atom. The summed E-state index contributed by atoms with van der Waals surface area (Å²) in [5, 5.41) is 0.546. The molecule has 2 aliphatic heterocycles. The van der Waals surface area contributed by atoms with Crippen LogP contribution in [0.25, 0.3) is 0 Å². The van der Waals surface area contributed by atoms with Gasteiger partial charge in [-0.05, 0) is 11.6 Å². The van der Waals surface area contributed by atoms with Crippen LogP contribution in [0.4, 0.5) is 0 Å². The van der Waals surface area contributed by atoms with Crippen molar-refractivity contribution in [2.45, 2.75) is 6.42 Å². The van der Waals surface area contributed by atoms with Crippen molar-refractivity contribution in [3.05, 3.63) is 34.9 Å². The fraction of sp³-hybridized carbons (Fsp3) is 0.357. The molecule has 2 heterocycles. The van der Waals surface area contributed by atoms with E-state index in [0.717, 1.165) is 5.56 Å². The molecule has 0 radical (unpaired) electrons. The van der Waals surface area contributed by atoms with Crippen LogP contribution < -0.4 is 9.47 Å². The van der Waals surface area contributed by atoms with Gasteiger partial charge in [-0.3, -0.25) is 4.79 Å². The highest BCUT2D eigenvalue weighted by atomic mass is 35.5. The summed E-state index contributed by atoms with van der Waals surface area (Å²) >= 11 is 6.19. The minimum absolute atomic E-state index is 0.0728. The summed E-state index contributed by atoms with van der Waals surface area (Å²) in [4.78, 5) is 13.9. The predicted octanol–water partition coefficient (Wildman–Crippen LogP) is 2.05. The Morgan fingerprint density at radius 2 is 1.79 bits per heavy atom. The summed E-state index contributed by atoms with van der Waals surface area (Å²) in [6, 6.07) is 3.53. The number of carbonyl (C=O) groups is 1. The number of benzene rings is 1. The van der Waals surface area contributed by atoms with Gasteiger partial charge in [-0.1, -0.05) is 23.8 Å². The maximum Gasteiger partial charge on any atom is 0.227 e.